The van der Waals surface area contributed by atoms with E-state index in [1.807, 2.05) is 36.4 Å². The Morgan fingerprint density at radius 3 is 1.46 bits per heavy atom. The van der Waals surface area contributed by atoms with Crippen molar-refractivity contribution in [3.8, 4) is 67.5 Å². The molecule has 61 heavy (non-hydrogen) atoms. The molecule has 0 saturated carbocycles. The maximum absolute atomic E-state index is 5.07. The fourth-order valence-corrected chi connectivity index (χ4v) is 11.0. The van der Waals surface area contributed by atoms with E-state index in [9.17, 15) is 0 Å². The lowest BCUT2D eigenvalue weighted by Crippen LogP contribution is -2.31. The van der Waals surface area contributed by atoms with Gasteiger partial charge < -0.3 is 0 Å². The van der Waals surface area contributed by atoms with Gasteiger partial charge in [-0.3, -0.25) is 0 Å². The highest BCUT2D eigenvalue weighted by molar-refractivity contribution is 6.14. The first-order chi connectivity index (χ1) is 30.3. The third-order valence-corrected chi connectivity index (χ3v) is 13.5. The van der Waals surface area contributed by atoms with E-state index in [0.717, 1.165) is 23.1 Å². The molecule has 1 atom stereocenters. The molecule has 3 aliphatic rings. The normalized spacial score (nSPS) is 14.6. The lowest BCUT2D eigenvalue weighted by molar-refractivity contribution is 0.773. The average molecular weight is 776 g/mol. The second-order valence-corrected chi connectivity index (χ2v) is 16.6. The molecule has 0 amide bonds. The van der Waals surface area contributed by atoms with Crippen molar-refractivity contribution in [1.29, 1.82) is 0 Å². The number of aromatic nitrogens is 3. The van der Waals surface area contributed by atoms with Crippen molar-refractivity contribution < 1.29 is 0 Å². The molecule has 10 aromatic rings. The quantitative estimate of drug-likeness (QED) is 0.175. The van der Waals surface area contributed by atoms with E-state index < -0.39 is 5.41 Å². The molecule has 0 bridgehead atoms. The van der Waals surface area contributed by atoms with Crippen LogP contribution < -0.4 is 0 Å². The molecule has 1 heterocycles. The molecule has 13 rings (SSSR count). The van der Waals surface area contributed by atoms with Crippen LogP contribution in [0.5, 0.6) is 0 Å². The van der Waals surface area contributed by atoms with Crippen LogP contribution in [0.1, 0.15) is 44.9 Å². The number of fused-ring (bicyclic) bond motifs is 13. The van der Waals surface area contributed by atoms with Gasteiger partial charge in [0.1, 0.15) is 0 Å². The minimum Gasteiger partial charge on any atom is -0.208 e. The van der Waals surface area contributed by atoms with Crippen LogP contribution in [0, 0.1) is 0 Å². The summed E-state index contributed by atoms with van der Waals surface area (Å²) >= 11 is 0. The zero-order valence-electron chi connectivity index (χ0n) is 33.3. The van der Waals surface area contributed by atoms with Gasteiger partial charge in [-0.2, -0.15) is 0 Å². The van der Waals surface area contributed by atoms with Crippen LogP contribution in [-0.4, -0.2) is 15.0 Å². The number of benzene rings is 9. The van der Waals surface area contributed by atoms with Gasteiger partial charge in [-0.05, 0) is 102 Å². The van der Waals surface area contributed by atoms with Crippen LogP contribution >= 0.6 is 0 Å². The number of rotatable bonds is 5. The minimum absolute atomic E-state index is 0.167. The van der Waals surface area contributed by atoms with Gasteiger partial charge in [0.2, 0.25) is 0 Å². The molecule has 0 N–H and O–H groups in total. The zero-order chi connectivity index (χ0) is 40.1. The lowest BCUT2D eigenvalue weighted by Gasteiger charge is -2.40. The topological polar surface area (TPSA) is 38.7 Å². The van der Waals surface area contributed by atoms with Gasteiger partial charge in [-0.15, -0.1) is 0 Å². The molecule has 284 valence electrons. The summed E-state index contributed by atoms with van der Waals surface area (Å²) in [6, 6.07) is 75.3. The minimum atomic E-state index is -0.418. The summed E-state index contributed by atoms with van der Waals surface area (Å²) in [5.74, 6) is 2.17. The summed E-state index contributed by atoms with van der Waals surface area (Å²) in [5, 5.41) is 2.69. The summed E-state index contributed by atoms with van der Waals surface area (Å²) in [6.45, 7) is 0. The molecule has 9 aromatic carbocycles. The standard InChI is InChI=1S/C58H37N3/c1-3-18-37(19-4-1)55-59-56(38-20-5-2-6-21-38)61-57(60-55)39-22-15-17-36(33-39)34-46-40-23-7-8-27-44(40)53-45-28-16-32-52-54(45)47(35-48(46)53)43-26-11-14-31-51(43)58(52)49-29-12-9-24-41(49)42-25-10-13-30-50(42)58/h1-33,35,46H,34H2. The fraction of sp³-hybridized carbons (Fsp3) is 0.0517. The summed E-state index contributed by atoms with van der Waals surface area (Å²) in [7, 11) is 0. The van der Waals surface area contributed by atoms with Crippen molar-refractivity contribution >= 4 is 10.8 Å². The Morgan fingerprint density at radius 2 is 0.836 bits per heavy atom. The van der Waals surface area contributed by atoms with E-state index >= 15 is 0 Å². The number of hydrogen-bond donors (Lipinski definition) is 0. The Kier molecular flexibility index (Phi) is 7.35. The van der Waals surface area contributed by atoms with Gasteiger partial charge in [-0.25, -0.2) is 15.0 Å². The third-order valence-electron chi connectivity index (χ3n) is 13.5. The van der Waals surface area contributed by atoms with E-state index in [1.165, 1.54) is 83.1 Å². The van der Waals surface area contributed by atoms with E-state index in [2.05, 4.69) is 170 Å². The number of nitrogens with zero attached hydrogens (tertiary/aromatic N) is 3. The van der Waals surface area contributed by atoms with Crippen molar-refractivity contribution in [2.24, 2.45) is 0 Å². The SMILES string of the molecule is c1ccc(-c2nc(-c3ccccc3)nc(-c3cccc(CC4c5ccccc5-c5c4cc4c6c(cccc56)C5(c6ccccc6-c6ccccc65)c5ccccc5-4)c3)n2)cc1. The van der Waals surface area contributed by atoms with E-state index in [1.54, 1.807) is 0 Å². The van der Waals surface area contributed by atoms with Crippen molar-refractivity contribution in [3.63, 3.8) is 0 Å². The predicted octanol–water partition coefficient (Wildman–Crippen LogP) is 13.7. The molecule has 1 unspecified atom stereocenters. The van der Waals surface area contributed by atoms with Crippen molar-refractivity contribution in [1.82, 2.24) is 15.0 Å². The zero-order valence-corrected chi connectivity index (χ0v) is 33.3. The van der Waals surface area contributed by atoms with Crippen molar-refractivity contribution in [3.05, 3.63) is 245 Å². The van der Waals surface area contributed by atoms with E-state index in [-0.39, 0.29) is 5.92 Å². The first kappa shape index (κ1) is 34.1. The van der Waals surface area contributed by atoms with Crippen LogP contribution in [0.15, 0.2) is 206 Å². The number of hydrogen-bond acceptors (Lipinski definition) is 3. The van der Waals surface area contributed by atoms with Crippen LogP contribution in [0.3, 0.4) is 0 Å². The Hall–Kier alpha value is -7.75. The van der Waals surface area contributed by atoms with Crippen LogP contribution in [0.4, 0.5) is 0 Å². The smallest absolute Gasteiger partial charge is 0.164 e. The van der Waals surface area contributed by atoms with Crippen LogP contribution in [-0.2, 0) is 11.8 Å². The molecule has 3 nitrogen and oxygen atoms in total. The van der Waals surface area contributed by atoms with E-state index in [0.29, 0.717) is 17.5 Å². The van der Waals surface area contributed by atoms with E-state index in [4.69, 9.17) is 15.0 Å². The van der Waals surface area contributed by atoms with Crippen LogP contribution in [0.2, 0.25) is 0 Å². The van der Waals surface area contributed by atoms with Crippen LogP contribution in [0.25, 0.3) is 78.3 Å². The average Bonchev–Trinajstić information content (AvgIpc) is 3.81. The summed E-state index contributed by atoms with van der Waals surface area (Å²) in [6.07, 6.45) is 0.844. The predicted molar refractivity (Wildman–Crippen MR) is 247 cm³/mol. The van der Waals surface area contributed by atoms with Gasteiger partial charge >= 0.3 is 0 Å². The van der Waals surface area contributed by atoms with Gasteiger partial charge in [0, 0.05) is 22.6 Å². The fourth-order valence-electron chi connectivity index (χ4n) is 11.0. The molecule has 0 aliphatic heterocycles. The summed E-state index contributed by atoms with van der Waals surface area (Å²) in [5.41, 5.74) is 20.0. The highest BCUT2D eigenvalue weighted by Gasteiger charge is 2.50. The summed E-state index contributed by atoms with van der Waals surface area (Å²) in [4.78, 5) is 15.1. The van der Waals surface area contributed by atoms with Gasteiger partial charge in [-0.1, -0.05) is 194 Å². The molecule has 1 aromatic heterocycles. The molecule has 3 heteroatoms. The highest BCUT2D eigenvalue weighted by atomic mass is 15.0. The Bertz CT molecular complexity index is 3300. The van der Waals surface area contributed by atoms with Gasteiger partial charge in [0.05, 0.1) is 5.41 Å². The molecular weight excluding hydrogens is 739 g/mol. The second kappa shape index (κ2) is 13.1. The molecular formula is C58H37N3. The molecule has 1 spiro atoms. The lowest BCUT2D eigenvalue weighted by atomic mass is 9.61. The third kappa shape index (κ3) is 4.89. The first-order valence-electron chi connectivity index (χ1n) is 21.2. The van der Waals surface area contributed by atoms with Gasteiger partial charge in [0.15, 0.2) is 17.5 Å². The molecule has 0 saturated heterocycles. The first-order valence-corrected chi connectivity index (χ1v) is 21.2. The van der Waals surface area contributed by atoms with Gasteiger partial charge in [0.25, 0.3) is 0 Å². The summed E-state index contributed by atoms with van der Waals surface area (Å²) < 4.78 is 0. The second-order valence-electron chi connectivity index (χ2n) is 16.6. The Balaban J connectivity index is 0.989. The molecule has 3 aliphatic carbocycles. The highest BCUT2D eigenvalue weighted by Crippen LogP contribution is 2.63. The van der Waals surface area contributed by atoms with Crippen molar-refractivity contribution in [2.75, 3.05) is 0 Å². The molecule has 0 radical (unpaired) electrons. The Labute approximate surface area is 354 Å². The molecule has 0 fully saturated rings. The largest absolute Gasteiger partial charge is 0.208 e. The maximum atomic E-state index is 5.07. The monoisotopic (exact) mass is 775 g/mol. The Morgan fingerprint density at radius 1 is 0.361 bits per heavy atom. The van der Waals surface area contributed by atoms with Crippen molar-refractivity contribution in [2.45, 2.75) is 17.8 Å². The maximum Gasteiger partial charge on any atom is 0.164 e.